The van der Waals surface area contributed by atoms with Gasteiger partial charge in [0, 0.05) is 29.8 Å². The van der Waals surface area contributed by atoms with Crippen LogP contribution in [0.25, 0.3) is 5.13 Å². The zero-order valence-corrected chi connectivity index (χ0v) is 17.7. The molecule has 1 amide bonds. The van der Waals surface area contributed by atoms with Crippen LogP contribution in [0, 0.1) is 20.8 Å². The number of carbonyl (C=O) groups excluding carboxylic acids is 1. The van der Waals surface area contributed by atoms with E-state index in [0.717, 1.165) is 47.9 Å². The van der Waals surface area contributed by atoms with Gasteiger partial charge in [-0.15, -0.1) is 0 Å². The van der Waals surface area contributed by atoms with Crippen LogP contribution in [0.3, 0.4) is 0 Å². The lowest BCUT2D eigenvalue weighted by molar-refractivity contribution is 0.0887. The summed E-state index contributed by atoms with van der Waals surface area (Å²) in [5.74, 6) is -0.0413. The van der Waals surface area contributed by atoms with E-state index in [1.165, 1.54) is 11.3 Å². The topological polar surface area (TPSA) is 81.9 Å². The number of carbonyl (C=O) groups is 1. The number of aromatic nitrogens is 4. The van der Waals surface area contributed by atoms with E-state index in [-0.39, 0.29) is 18.1 Å². The second-order valence-corrected chi connectivity index (χ2v) is 8.48. The number of nitrogens with zero attached hydrogens (tertiary/aromatic N) is 4. The van der Waals surface area contributed by atoms with Crippen molar-refractivity contribution in [2.75, 3.05) is 0 Å². The average molecular weight is 412 g/mol. The maximum atomic E-state index is 12.8. The molecule has 4 rings (SSSR count). The number of rotatable bonds is 5. The molecule has 3 aromatic heterocycles. The number of aryl methyl sites for hydroxylation is 3. The van der Waals surface area contributed by atoms with Gasteiger partial charge in [0.25, 0.3) is 5.91 Å². The van der Waals surface area contributed by atoms with Crippen LogP contribution >= 0.6 is 11.3 Å². The van der Waals surface area contributed by atoms with Gasteiger partial charge in [-0.1, -0.05) is 11.3 Å². The molecule has 0 aliphatic heterocycles. The van der Waals surface area contributed by atoms with Crippen molar-refractivity contribution in [2.45, 2.75) is 58.6 Å². The fraction of sp³-hybridized carbons (Fsp3) is 0.429. The van der Waals surface area contributed by atoms with Gasteiger partial charge < -0.3 is 14.6 Å². The fourth-order valence-electron chi connectivity index (χ4n) is 3.64. The highest BCUT2D eigenvalue weighted by molar-refractivity contribution is 7.16. The maximum Gasteiger partial charge on any atom is 0.317 e. The summed E-state index contributed by atoms with van der Waals surface area (Å²) in [5, 5.41) is 3.98. The van der Waals surface area contributed by atoms with Crippen LogP contribution in [-0.2, 0) is 0 Å². The van der Waals surface area contributed by atoms with Gasteiger partial charge in [-0.25, -0.2) is 15.0 Å². The molecule has 7 nitrogen and oxygen atoms in total. The lowest BCUT2D eigenvalue weighted by Gasteiger charge is -2.28. The number of hydrogen-bond donors (Lipinski definition) is 1. The third kappa shape index (κ3) is 4.64. The third-order valence-electron chi connectivity index (χ3n) is 5.06. The number of amides is 1. The molecule has 3 heterocycles. The molecule has 0 saturated heterocycles. The van der Waals surface area contributed by atoms with E-state index >= 15 is 0 Å². The van der Waals surface area contributed by atoms with Crippen molar-refractivity contribution in [3.8, 4) is 11.1 Å². The molecule has 3 aromatic rings. The fourth-order valence-corrected chi connectivity index (χ4v) is 4.57. The zero-order chi connectivity index (χ0) is 20.4. The van der Waals surface area contributed by atoms with Crippen LogP contribution in [0.1, 0.15) is 52.4 Å². The van der Waals surface area contributed by atoms with Gasteiger partial charge in [0.2, 0.25) is 0 Å². The van der Waals surface area contributed by atoms with Crippen molar-refractivity contribution < 1.29 is 9.53 Å². The molecular weight excluding hydrogens is 386 g/mol. The van der Waals surface area contributed by atoms with Crippen molar-refractivity contribution in [2.24, 2.45) is 0 Å². The van der Waals surface area contributed by atoms with Gasteiger partial charge in [-0.3, -0.25) is 4.79 Å². The summed E-state index contributed by atoms with van der Waals surface area (Å²) < 4.78 is 7.90. The van der Waals surface area contributed by atoms with Gasteiger partial charge in [0.15, 0.2) is 5.13 Å². The van der Waals surface area contributed by atoms with Crippen molar-refractivity contribution >= 4 is 17.2 Å². The summed E-state index contributed by atoms with van der Waals surface area (Å²) in [6.07, 6.45) is 7.46. The summed E-state index contributed by atoms with van der Waals surface area (Å²) in [5.41, 5.74) is 2.58. The molecular formula is C21H25N5O2S. The second-order valence-electron chi connectivity index (χ2n) is 7.50. The Morgan fingerprint density at radius 3 is 2.38 bits per heavy atom. The largest absolute Gasteiger partial charge is 0.460 e. The molecule has 0 unspecified atom stereocenters. The predicted molar refractivity (Wildman–Crippen MR) is 112 cm³/mol. The lowest BCUT2D eigenvalue weighted by atomic mass is 9.93. The van der Waals surface area contributed by atoms with Gasteiger partial charge in [-0.2, -0.15) is 0 Å². The van der Waals surface area contributed by atoms with Crippen LogP contribution in [0.4, 0.5) is 0 Å². The van der Waals surface area contributed by atoms with Crippen LogP contribution in [0.15, 0.2) is 30.6 Å². The highest BCUT2D eigenvalue weighted by Crippen LogP contribution is 2.25. The summed E-state index contributed by atoms with van der Waals surface area (Å²) in [4.78, 5) is 26.7. The Hall–Kier alpha value is -2.74. The highest BCUT2D eigenvalue weighted by atomic mass is 32.1. The van der Waals surface area contributed by atoms with Gasteiger partial charge in [-0.05, 0) is 64.7 Å². The normalized spacial score (nSPS) is 19.1. The Morgan fingerprint density at radius 2 is 1.72 bits per heavy atom. The van der Waals surface area contributed by atoms with Crippen LogP contribution in [0.5, 0.6) is 6.01 Å². The number of hydrogen-bond acceptors (Lipinski definition) is 6. The van der Waals surface area contributed by atoms with Crippen molar-refractivity contribution in [3.63, 3.8) is 0 Å². The van der Waals surface area contributed by atoms with E-state index in [0.29, 0.717) is 10.9 Å². The van der Waals surface area contributed by atoms with E-state index in [1.807, 2.05) is 55.9 Å². The third-order valence-corrected chi connectivity index (χ3v) is 6.23. The lowest BCUT2D eigenvalue weighted by Crippen LogP contribution is -2.39. The Morgan fingerprint density at radius 1 is 1.07 bits per heavy atom. The molecule has 1 fully saturated rings. The first-order chi connectivity index (χ1) is 14.0. The van der Waals surface area contributed by atoms with E-state index < -0.39 is 0 Å². The smallest absolute Gasteiger partial charge is 0.317 e. The van der Waals surface area contributed by atoms with E-state index in [1.54, 1.807) is 0 Å². The Labute approximate surface area is 174 Å². The first kappa shape index (κ1) is 19.6. The molecule has 0 atom stereocenters. The molecule has 1 saturated carbocycles. The number of nitrogens with one attached hydrogen (secondary N) is 1. The highest BCUT2D eigenvalue weighted by Gasteiger charge is 2.26. The van der Waals surface area contributed by atoms with Crippen molar-refractivity contribution in [1.82, 2.24) is 24.8 Å². The van der Waals surface area contributed by atoms with Crippen molar-refractivity contribution in [3.05, 3.63) is 52.6 Å². The maximum absolute atomic E-state index is 12.8. The molecule has 0 aromatic carbocycles. The molecule has 0 spiro atoms. The SMILES string of the molecule is Cc1cc(C)nc(OC2CCC(NC(=O)c3sc(-n4cccc4)nc3C)CC2)n1. The van der Waals surface area contributed by atoms with Crippen molar-refractivity contribution in [1.29, 1.82) is 0 Å². The standard InChI is InChI=1S/C21H25N5O2S/c1-13-12-14(2)23-20(22-13)28-17-8-6-16(7-9-17)25-19(27)18-15(3)24-21(29-18)26-10-4-5-11-26/h4-5,10-12,16-17H,6-9H2,1-3H3,(H,25,27). The first-order valence-corrected chi connectivity index (χ1v) is 10.7. The second kappa shape index (κ2) is 8.32. The monoisotopic (exact) mass is 411 g/mol. The summed E-state index contributed by atoms with van der Waals surface area (Å²) >= 11 is 1.42. The molecule has 0 bridgehead atoms. The van der Waals surface area contributed by atoms with E-state index in [4.69, 9.17) is 4.74 Å². The predicted octanol–water partition coefficient (Wildman–Crippen LogP) is 3.77. The van der Waals surface area contributed by atoms with Crippen LogP contribution < -0.4 is 10.1 Å². The van der Waals surface area contributed by atoms with Crippen LogP contribution in [0.2, 0.25) is 0 Å². The molecule has 0 radical (unpaired) electrons. The molecule has 1 aliphatic carbocycles. The molecule has 8 heteroatoms. The first-order valence-electron chi connectivity index (χ1n) is 9.88. The van der Waals surface area contributed by atoms with Crippen LogP contribution in [-0.4, -0.2) is 37.6 Å². The molecule has 29 heavy (non-hydrogen) atoms. The summed E-state index contributed by atoms with van der Waals surface area (Å²) in [6.45, 7) is 5.77. The van der Waals surface area contributed by atoms with E-state index in [9.17, 15) is 4.79 Å². The quantitative estimate of drug-likeness (QED) is 0.691. The number of ether oxygens (including phenoxy) is 1. The number of thiazole rings is 1. The molecule has 1 aliphatic rings. The minimum absolute atomic E-state index is 0.0413. The van der Waals surface area contributed by atoms with Gasteiger partial charge >= 0.3 is 6.01 Å². The summed E-state index contributed by atoms with van der Waals surface area (Å²) in [7, 11) is 0. The zero-order valence-electron chi connectivity index (χ0n) is 16.9. The molecule has 1 N–H and O–H groups in total. The summed E-state index contributed by atoms with van der Waals surface area (Å²) in [6, 6.07) is 6.43. The van der Waals surface area contributed by atoms with Gasteiger partial charge in [0.05, 0.1) is 5.69 Å². The minimum atomic E-state index is -0.0413. The molecule has 152 valence electrons. The Balaban J connectivity index is 1.32. The Bertz CT molecular complexity index is 970. The van der Waals surface area contributed by atoms with E-state index in [2.05, 4.69) is 20.3 Å². The Kier molecular flexibility index (Phi) is 5.62. The van der Waals surface area contributed by atoms with Gasteiger partial charge in [0.1, 0.15) is 11.0 Å². The average Bonchev–Trinajstić information content (AvgIpc) is 3.32. The minimum Gasteiger partial charge on any atom is -0.460 e.